The van der Waals surface area contributed by atoms with Crippen molar-refractivity contribution < 1.29 is 23.8 Å². The maximum absolute atomic E-state index is 14.0. The lowest BCUT2D eigenvalue weighted by atomic mass is 10.1. The van der Waals surface area contributed by atoms with Gasteiger partial charge in [0.25, 0.3) is 11.8 Å². The molecule has 0 aliphatic carbocycles. The van der Waals surface area contributed by atoms with E-state index < -0.39 is 28.8 Å². The number of benzene rings is 1. The zero-order valence-electron chi connectivity index (χ0n) is 18.3. The normalized spacial score (nSPS) is 16.8. The summed E-state index contributed by atoms with van der Waals surface area (Å²) in [6, 6.07) is 4.60. The highest BCUT2D eigenvalue weighted by molar-refractivity contribution is 5.98. The van der Waals surface area contributed by atoms with Crippen LogP contribution in [0.15, 0.2) is 29.2 Å². The summed E-state index contributed by atoms with van der Waals surface area (Å²) in [6.45, 7) is 2.35. The molecule has 1 aromatic carbocycles. The number of aromatic nitrogens is 1. The molecule has 3 N–H and O–H groups in total. The second-order valence-corrected chi connectivity index (χ2v) is 7.79. The van der Waals surface area contributed by atoms with Crippen LogP contribution in [0.4, 0.5) is 4.39 Å². The third-order valence-electron chi connectivity index (χ3n) is 5.49. The molecule has 2 amide bonds. The average Bonchev–Trinajstić information content (AvgIpc) is 2.76. The Bertz CT molecular complexity index is 1080. The number of fused-ring (bicyclic) bond motifs is 1. The molecule has 0 spiro atoms. The number of halogens is 1. The number of pyridine rings is 1. The number of carbonyl (C=O) groups excluding carboxylic acids is 2. The number of hydrogen-bond donors (Lipinski definition) is 3. The second kappa shape index (κ2) is 9.82. The fourth-order valence-electron chi connectivity index (χ4n) is 3.50. The van der Waals surface area contributed by atoms with E-state index in [4.69, 9.17) is 4.74 Å². The van der Waals surface area contributed by atoms with Crippen molar-refractivity contribution in [3.05, 3.63) is 62.8 Å². The fourth-order valence-corrected chi connectivity index (χ4v) is 3.50. The molecule has 0 bridgehead atoms. The number of nitrogens with zero attached hydrogens (tertiary/aromatic N) is 2. The summed E-state index contributed by atoms with van der Waals surface area (Å²) in [6.07, 6.45) is 2.30. The molecule has 1 atom stereocenters. The number of aromatic hydroxyl groups is 1. The number of aryl methyl sites for hydroxylation is 1. The lowest BCUT2D eigenvalue weighted by Gasteiger charge is -2.26. The van der Waals surface area contributed by atoms with Gasteiger partial charge in [0.2, 0.25) is 5.43 Å². The van der Waals surface area contributed by atoms with Crippen molar-refractivity contribution in [2.24, 2.45) is 0 Å². The second-order valence-electron chi connectivity index (χ2n) is 7.79. The van der Waals surface area contributed by atoms with Crippen LogP contribution in [0.5, 0.6) is 5.75 Å². The van der Waals surface area contributed by atoms with Gasteiger partial charge >= 0.3 is 0 Å². The Morgan fingerprint density at radius 3 is 2.78 bits per heavy atom. The minimum atomic E-state index is -0.978. The summed E-state index contributed by atoms with van der Waals surface area (Å²) >= 11 is 0. The van der Waals surface area contributed by atoms with Crippen molar-refractivity contribution in [2.45, 2.75) is 32.4 Å². The predicted molar refractivity (Wildman–Crippen MR) is 116 cm³/mol. The molecule has 2 heterocycles. The molecular formula is C22H27FN4O5. The number of amides is 2. The lowest BCUT2D eigenvalue weighted by Crippen LogP contribution is -2.39. The third kappa shape index (κ3) is 4.91. The van der Waals surface area contributed by atoms with Gasteiger partial charge in [0.1, 0.15) is 11.4 Å². The van der Waals surface area contributed by atoms with E-state index in [0.717, 1.165) is 5.56 Å². The molecular weight excluding hydrogens is 419 g/mol. The molecule has 9 nitrogen and oxygen atoms in total. The smallest absolute Gasteiger partial charge is 0.276 e. The molecule has 0 radical (unpaired) electrons. The highest BCUT2D eigenvalue weighted by Gasteiger charge is 2.27. The maximum Gasteiger partial charge on any atom is 0.276 e. The topological polar surface area (TPSA) is 113 Å². The Morgan fingerprint density at radius 2 is 2.09 bits per heavy atom. The standard InChI is InChI=1S/C22H27FN4O5/c1-13-4-5-14(17(23)10-13)11-24-21(30)16-12-27-18(20(29)19(16)28)22(31)26(2)9-7-15(32-3)6-8-25-27/h4-5,10,12,15,25,29H,6-9,11H2,1-3H3,(H,24,30). The molecule has 10 heteroatoms. The summed E-state index contributed by atoms with van der Waals surface area (Å²) in [4.78, 5) is 39.6. The van der Waals surface area contributed by atoms with Crippen LogP contribution < -0.4 is 16.2 Å². The number of ether oxygens (including phenoxy) is 1. The summed E-state index contributed by atoms with van der Waals surface area (Å²) in [5, 5.41) is 13.0. The van der Waals surface area contributed by atoms with E-state index in [-0.39, 0.29) is 29.5 Å². The fraction of sp³-hybridized carbons (Fsp3) is 0.409. The van der Waals surface area contributed by atoms with E-state index in [1.54, 1.807) is 33.2 Å². The monoisotopic (exact) mass is 446 g/mol. The number of hydrogen-bond acceptors (Lipinski definition) is 6. The molecule has 0 saturated carbocycles. The predicted octanol–water partition coefficient (Wildman–Crippen LogP) is 1.36. The van der Waals surface area contributed by atoms with Crippen LogP contribution in [0.2, 0.25) is 0 Å². The molecule has 3 rings (SSSR count). The minimum absolute atomic E-state index is 0.0838. The van der Waals surface area contributed by atoms with Crippen LogP contribution in [0.1, 0.15) is 44.8 Å². The van der Waals surface area contributed by atoms with Crippen LogP contribution in [0.3, 0.4) is 0 Å². The molecule has 2 aromatic rings. The molecule has 172 valence electrons. The molecule has 1 aliphatic rings. The van der Waals surface area contributed by atoms with Gasteiger partial charge in [-0.1, -0.05) is 12.1 Å². The van der Waals surface area contributed by atoms with Gasteiger partial charge in [-0.05, 0) is 31.4 Å². The first-order chi connectivity index (χ1) is 15.2. The first kappa shape index (κ1) is 23.3. The van der Waals surface area contributed by atoms with E-state index in [9.17, 15) is 23.9 Å². The molecule has 1 unspecified atom stereocenters. The van der Waals surface area contributed by atoms with E-state index in [2.05, 4.69) is 10.7 Å². The highest BCUT2D eigenvalue weighted by atomic mass is 19.1. The van der Waals surface area contributed by atoms with Crippen molar-refractivity contribution in [2.75, 3.05) is 32.7 Å². The van der Waals surface area contributed by atoms with Crippen LogP contribution in [0, 0.1) is 12.7 Å². The van der Waals surface area contributed by atoms with Gasteiger partial charge in [0.05, 0.1) is 6.10 Å². The molecule has 32 heavy (non-hydrogen) atoms. The molecule has 1 aromatic heterocycles. The number of rotatable bonds is 4. The van der Waals surface area contributed by atoms with Gasteiger partial charge < -0.3 is 25.5 Å². The van der Waals surface area contributed by atoms with Crippen molar-refractivity contribution in [1.82, 2.24) is 14.9 Å². The Hall–Kier alpha value is -3.40. The number of carbonyl (C=O) groups is 2. The first-order valence-corrected chi connectivity index (χ1v) is 10.3. The van der Waals surface area contributed by atoms with Gasteiger partial charge in [-0.25, -0.2) is 4.39 Å². The van der Waals surface area contributed by atoms with Crippen molar-refractivity contribution in [1.29, 1.82) is 0 Å². The zero-order chi connectivity index (χ0) is 23.4. The zero-order valence-corrected chi connectivity index (χ0v) is 18.3. The summed E-state index contributed by atoms with van der Waals surface area (Å²) in [5.41, 5.74) is 2.34. The number of methoxy groups -OCH3 is 1. The Kier molecular flexibility index (Phi) is 7.14. The van der Waals surface area contributed by atoms with Gasteiger partial charge in [-0.2, -0.15) is 0 Å². The Morgan fingerprint density at radius 1 is 1.34 bits per heavy atom. The van der Waals surface area contributed by atoms with E-state index in [1.807, 2.05) is 0 Å². The minimum Gasteiger partial charge on any atom is -0.502 e. The van der Waals surface area contributed by atoms with Crippen LogP contribution in [-0.2, 0) is 11.3 Å². The van der Waals surface area contributed by atoms with E-state index in [0.29, 0.717) is 25.9 Å². The van der Waals surface area contributed by atoms with Gasteiger partial charge in [-0.15, -0.1) is 0 Å². The number of nitrogens with one attached hydrogen (secondary N) is 2. The van der Waals surface area contributed by atoms with Gasteiger partial charge in [-0.3, -0.25) is 19.1 Å². The summed E-state index contributed by atoms with van der Waals surface area (Å²) in [7, 11) is 3.15. The quantitative estimate of drug-likeness (QED) is 0.654. The van der Waals surface area contributed by atoms with E-state index in [1.165, 1.54) is 21.8 Å². The molecule has 0 fully saturated rings. The third-order valence-corrected chi connectivity index (χ3v) is 5.49. The summed E-state index contributed by atoms with van der Waals surface area (Å²) < 4.78 is 20.6. The molecule has 0 saturated heterocycles. The van der Waals surface area contributed by atoms with Crippen LogP contribution in [-0.4, -0.2) is 59.8 Å². The van der Waals surface area contributed by atoms with Crippen LogP contribution >= 0.6 is 0 Å². The van der Waals surface area contributed by atoms with E-state index >= 15 is 0 Å². The Labute approximate surface area is 184 Å². The maximum atomic E-state index is 14.0. The SMILES string of the molecule is COC1CCNn2cc(C(=O)NCc3ccc(C)cc3F)c(=O)c(O)c2C(=O)N(C)CC1. The van der Waals surface area contributed by atoms with Gasteiger partial charge in [0, 0.05) is 45.6 Å². The summed E-state index contributed by atoms with van der Waals surface area (Å²) in [5.74, 6) is -2.67. The van der Waals surface area contributed by atoms with Crippen molar-refractivity contribution in [3.8, 4) is 5.75 Å². The van der Waals surface area contributed by atoms with Gasteiger partial charge in [0.15, 0.2) is 11.4 Å². The highest BCUT2D eigenvalue weighted by Crippen LogP contribution is 2.17. The Balaban J connectivity index is 1.91. The molecule has 1 aliphatic heterocycles. The van der Waals surface area contributed by atoms with Crippen molar-refractivity contribution >= 4 is 11.8 Å². The lowest BCUT2D eigenvalue weighted by molar-refractivity contribution is 0.0645. The first-order valence-electron chi connectivity index (χ1n) is 10.3. The average molecular weight is 446 g/mol. The van der Waals surface area contributed by atoms with Crippen molar-refractivity contribution in [3.63, 3.8) is 0 Å². The van der Waals surface area contributed by atoms with Crippen LogP contribution in [0.25, 0.3) is 0 Å². The largest absolute Gasteiger partial charge is 0.502 e.